The van der Waals surface area contributed by atoms with Gasteiger partial charge in [-0.25, -0.2) is 9.97 Å². The minimum atomic E-state index is -0.380. The molecule has 1 N–H and O–H groups in total. The van der Waals surface area contributed by atoms with Crippen LogP contribution >= 0.6 is 0 Å². The van der Waals surface area contributed by atoms with E-state index >= 15 is 0 Å². The van der Waals surface area contributed by atoms with Crippen LogP contribution in [0.15, 0.2) is 0 Å². The molecule has 0 spiro atoms. The minimum Gasteiger partial charge on any atom is -0.381 e. The van der Waals surface area contributed by atoms with E-state index in [2.05, 4.69) is 12.2 Å². The Morgan fingerprint density at radius 2 is 1.95 bits per heavy atom. The summed E-state index contributed by atoms with van der Waals surface area (Å²) in [6, 6.07) is 0. The molecule has 5 nitrogen and oxygen atoms in total. The van der Waals surface area contributed by atoms with Crippen LogP contribution in [0.3, 0.4) is 0 Å². The maximum Gasteiger partial charge on any atom is 0.163 e. The molecule has 2 aliphatic rings. The lowest BCUT2D eigenvalue weighted by Gasteiger charge is -2.35. The Kier molecular flexibility index (Phi) is 4.40. The molecule has 1 aliphatic carbocycles. The van der Waals surface area contributed by atoms with Crippen LogP contribution in [0.5, 0.6) is 0 Å². The molecule has 1 fully saturated rings. The van der Waals surface area contributed by atoms with Crippen LogP contribution in [0.1, 0.15) is 49.7 Å². The Bertz CT molecular complexity index is 499. The molecule has 1 saturated heterocycles. The molecule has 0 bridgehead atoms. The number of nitrogens with zero attached hydrogens (tertiary/aromatic N) is 2. The number of aryl methyl sites for hydroxylation is 1. The van der Waals surface area contributed by atoms with E-state index in [4.69, 9.17) is 19.4 Å². The fourth-order valence-corrected chi connectivity index (χ4v) is 3.33. The Hall–Kier alpha value is -1.20. The number of methoxy groups -OCH3 is 1. The highest BCUT2D eigenvalue weighted by atomic mass is 16.5. The van der Waals surface area contributed by atoms with E-state index in [1.807, 2.05) is 0 Å². The number of rotatable bonds is 4. The first-order chi connectivity index (χ1) is 10.3. The van der Waals surface area contributed by atoms with Crippen LogP contribution in [0.2, 0.25) is 0 Å². The number of hydrogen-bond donors (Lipinski definition) is 1. The number of hydrogen-bond acceptors (Lipinski definition) is 5. The predicted octanol–water partition coefficient (Wildman–Crippen LogP) is 2.44. The number of anilines is 1. The summed E-state index contributed by atoms with van der Waals surface area (Å²) in [6.45, 7) is 4.42. The fraction of sp³-hybridized carbons (Fsp3) is 0.750. The molecule has 0 amide bonds. The van der Waals surface area contributed by atoms with Crippen LogP contribution < -0.4 is 5.32 Å². The van der Waals surface area contributed by atoms with Gasteiger partial charge in [-0.1, -0.05) is 0 Å². The second-order valence-corrected chi connectivity index (χ2v) is 5.87. The normalized spacial score (nSPS) is 20.9. The van der Waals surface area contributed by atoms with Crippen molar-refractivity contribution in [2.24, 2.45) is 0 Å². The second kappa shape index (κ2) is 6.28. The monoisotopic (exact) mass is 291 g/mol. The molecule has 1 aliphatic heterocycles. The van der Waals surface area contributed by atoms with E-state index < -0.39 is 0 Å². The van der Waals surface area contributed by atoms with Crippen molar-refractivity contribution in [2.75, 3.05) is 32.2 Å². The predicted molar refractivity (Wildman–Crippen MR) is 81.6 cm³/mol. The highest BCUT2D eigenvalue weighted by molar-refractivity contribution is 5.48. The lowest BCUT2D eigenvalue weighted by Crippen LogP contribution is -2.38. The molecule has 0 radical (unpaired) electrons. The smallest absolute Gasteiger partial charge is 0.163 e. The lowest BCUT2D eigenvalue weighted by molar-refractivity contribution is -0.100. The summed E-state index contributed by atoms with van der Waals surface area (Å²) in [5.74, 6) is 1.85. The molecule has 21 heavy (non-hydrogen) atoms. The van der Waals surface area contributed by atoms with Crippen LogP contribution in [0, 0.1) is 0 Å². The molecule has 0 atom stereocenters. The second-order valence-electron chi connectivity index (χ2n) is 5.87. The third kappa shape index (κ3) is 2.77. The molecule has 0 saturated carbocycles. The third-order valence-electron chi connectivity index (χ3n) is 4.63. The highest BCUT2D eigenvalue weighted by Gasteiger charge is 2.38. The molecule has 5 heteroatoms. The first kappa shape index (κ1) is 14.7. The zero-order valence-electron chi connectivity index (χ0n) is 13.1. The van der Waals surface area contributed by atoms with Crippen LogP contribution in [-0.2, 0) is 27.9 Å². The molecule has 1 aromatic heterocycles. The van der Waals surface area contributed by atoms with Crippen molar-refractivity contribution in [3.63, 3.8) is 0 Å². The quantitative estimate of drug-likeness (QED) is 0.923. The van der Waals surface area contributed by atoms with E-state index in [9.17, 15) is 0 Å². The largest absolute Gasteiger partial charge is 0.381 e. The zero-order chi connectivity index (χ0) is 14.7. The number of aromatic nitrogens is 2. The van der Waals surface area contributed by atoms with Crippen molar-refractivity contribution >= 4 is 5.82 Å². The highest BCUT2D eigenvalue weighted by Crippen LogP contribution is 2.36. The topological polar surface area (TPSA) is 56.3 Å². The first-order valence-corrected chi connectivity index (χ1v) is 8.06. The van der Waals surface area contributed by atoms with E-state index in [0.717, 1.165) is 43.9 Å². The van der Waals surface area contributed by atoms with Gasteiger partial charge in [0.1, 0.15) is 11.4 Å². The summed E-state index contributed by atoms with van der Waals surface area (Å²) in [5.41, 5.74) is 2.14. The number of ether oxygens (including phenoxy) is 2. The summed E-state index contributed by atoms with van der Waals surface area (Å²) in [7, 11) is 1.76. The first-order valence-electron chi connectivity index (χ1n) is 8.06. The Labute approximate surface area is 126 Å². The van der Waals surface area contributed by atoms with Gasteiger partial charge in [0, 0.05) is 51.0 Å². The molecule has 2 heterocycles. The average Bonchev–Trinajstić information content (AvgIpc) is 2.55. The van der Waals surface area contributed by atoms with E-state index in [1.54, 1.807) is 7.11 Å². The summed E-state index contributed by atoms with van der Waals surface area (Å²) in [6.07, 6.45) is 6.25. The van der Waals surface area contributed by atoms with Crippen LogP contribution in [0.25, 0.3) is 0 Å². The molecule has 116 valence electrons. The van der Waals surface area contributed by atoms with Crippen LogP contribution in [-0.4, -0.2) is 36.8 Å². The number of nitrogens with one attached hydrogen (secondary N) is 1. The molecular formula is C16H25N3O2. The van der Waals surface area contributed by atoms with Crippen molar-refractivity contribution in [3.05, 3.63) is 17.1 Å². The van der Waals surface area contributed by atoms with Gasteiger partial charge in [-0.3, -0.25) is 0 Å². The average molecular weight is 291 g/mol. The van der Waals surface area contributed by atoms with E-state index in [1.165, 1.54) is 24.1 Å². The summed E-state index contributed by atoms with van der Waals surface area (Å²) in [5, 5.41) is 3.42. The maximum atomic E-state index is 5.86. The maximum absolute atomic E-state index is 5.86. The van der Waals surface area contributed by atoms with Gasteiger partial charge in [0.25, 0.3) is 0 Å². The van der Waals surface area contributed by atoms with Crippen molar-refractivity contribution in [2.45, 2.75) is 51.0 Å². The Balaban J connectivity index is 2.03. The minimum absolute atomic E-state index is 0.380. The van der Waals surface area contributed by atoms with Crippen LogP contribution in [0.4, 0.5) is 5.82 Å². The van der Waals surface area contributed by atoms with Gasteiger partial charge in [-0.15, -0.1) is 0 Å². The fourth-order valence-electron chi connectivity index (χ4n) is 3.33. The van der Waals surface area contributed by atoms with Crippen molar-refractivity contribution in [1.82, 2.24) is 9.97 Å². The Morgan fingerprint density at radius 3 is 2.67 bits per heavy atom. The molecule has 0 aromatic carbocycles. The van der Waals surface area contributed by atoms with Gasteiger partial charge in [0.15, 0.2) is 5.82 Å². The standard InChI is InChI=1S/C16H25N3O2/c1-3-17-14-12-6-4-5-7-13(12)18-15(19-14)16(20-2)8-10-21-11-9-16/h3-11H2,1-2H3,(H,17,18,19). The summed E-state index contributed by atoms with van der Waals surface area (Å²) in [4.78, 5) is 9.73. The number of fused-ring (bicyclic) bond motifs is 1. The SMILES string of the molecule is CCNc1nc(C2(OC)CCOCC2)nc2c1CCCC2. The van der Waals surface area contributed by atoms with Gasteiger partial charge in [-0.2, -0.15) is 0 Å². The van der Waals surface area contributed by atoms with Gasteiger partial charge in [0.2, 0.25) is 0 Å². The lowest BCUT2D eigenvalue weighted by atomic mass is 9.91. The molecule has 3 rings (SSSR count). The summed E-state index contributed by atoms with van der Waals surface area (Å²) < 4.78 is 11.3. The Morgan fingerprint density at radius 1 is 1.19 bits per heavy atom. The van der Waals surface area contributed by atoms with Gasteiger partial charge in [0.05, 0.1) is 0 Å². The molecule has 1 aromatic rings. The zero-order valence-corrected chi connectivity index (χ0v) is 13.1. The van der Waals surface area contributed by atoms with Gasteiger partial charge >= 0.3 is 0 Å². The van der Waals surface area contributed by atoms with Crippen molar-refractivity contribution in [1.29, 1.82) is 0 Å². The van der Waals surface area contributed by atoms with Crippen molar-refractivity contribution in [3.8, 4) is 0 Å². The van der Waals surface area contributed by atoms with Gasteiger partial charge in [-0.05, 0) is 32.6 Å². The van der Waals surface area contributed by atoms with Gasteiger partial charge < -0.3 is 14.8 Å². The van der Waals surface area contributed by atoms with E-state index in [-0.39, 0.29) is 5.60 Å². The molecular weight excluding hydrogens is 266 g/mol. The van der Waals surface area contributed by atoms with Crippen molar-refractivity contribution < 1.29 is 9.47 Å². The summed E-state index contributed by atoms with van der Waals surface area (Å²) >= 11 is 0. The van der Waals surface area contributed by atoms with E-state index in [0.29, 0.717) is 13.2 Å². The third-order valence-corrected chi connectivity index (χ3v) is 4.63. The molecule has 0 unspecified atom stereocenters.